The van der Waals surface area contributed by atoms with Gasteiger partial charge in [0.2, 0.25) is 5.82 Å². The summed E-state index contributed by atoms with van der Waals surface area (Å²) in [6.07, 6.45) is -4.72. The van der Waals surface area contributed by atoms with Crippen molar-refractivity contribution in [3.8, 4) is 11.3 Å². The van der Waals surface area contributed by atoms with Crippen molar-refractivity contribution in [2.75, 3.05) is 18.9 Å². The molecule has 3 aromatic rings. The second-order valence-corrected chi connectivity index (χ2v) is 9.40. The Balaban J connectivity index is 2.07. The first-order chi connectivity index (χ1) is 15.3. The van der Waals surface area contributed by atoms with Gasteiger partial charge in [-0.1, -0.05) is 36.8 Å². The van der Waals surface area contributed by atoms with Crippen LogP contribution in [0.1, 0.15) is 30.1 Å². The number of hydrogen-bond donors (Lipinski definition) is 1. The number of aryl methyl sites for hydroxylation is 1. The average Bonchev–Trinajstić information content (AvgIpc) is 3.06. The van der Waals surface area contributed by atoms with E-state index in [9.17, 15) is 22.0 Å². The zero-order valence-corrected chi connectivity index (χ0v) is 19.8. The summed E-state index contributed by atoms with van der Waals surface area (Å²) in [5, 5.41) is 2.51. The van der Waals surface area contributed by atoms with Gasteiger partial charge in [0.05, 0.1) is 11.3 Å². The summed E-state index contributed by atoms with van der Waals surface area (Å²) in [6, 6.07) is 2.27. The van der Waals surface area contributed by atoms with E-state index in [-0.39, 0.29) is 33.2 Å². The van der Waals surface area contributed by atoms with Gasteiger partial charge in [0.1, 0.15) is 11.6 Å². The molecule has 0 unspecified atom stereocenters. The van der Waals surface area contributed by atoms with Crippen LogP contribution in [0.25, 0.3) is 11.3 Å². The van der Waals surface area contributed by atoms with Gasteiger partial charge in [-0.3, -0.25) is 0 Å². The van der Waals surface area contributed by atoms with Crippen molar-refractivity contribution in [3.63, 3.8) is 0 Å². The maximum Gasteiger partial charge on any atom is 0.416 e. The van der Waals surface area contributed by atoms with Crippen molar-refractivity contribution >= 4 is 33.9 Å². The summed E-state index contributed by atoms with van der Waals surface area (Å²) in [5.74, 6) is -1.58. The van der Waals surface area contributed by atoms with Gasteiger partial charge in [0.25, 0.3) is 0 Å². The van der Waals surface area contributed by atoms with Crippen LogP contribution in [0.15, 0.2) is 18.2 Å². The van der Waals surface area contributed by atoms with Crippen LogP contribution in [0, 0.1) is 24.5 Å². The molecule has 1 aromatic carbocycles. The van der Waals surface area contributed by atoms with Crippen molar-refractivity contribution in [1.82, 2.24) is 19.9 Å². The topological polar surface area (TPSA) is 53.9 Å². The summed E-state index contributed by atoms with van der Waals surface area (Å²) < 4.78 is 68.2. The zero-order chi connectivity index (χ0) is 24.5. The second-order valence-electron chi connectivity index (χ2n) is 7.96. The molecule has 0 bridgehead atoms. The largest absolute Gasteiger partial charge is 0.416 e. The minimum absolute atomic E-state index is 0.0306. The van der Waals surface area contributed by atoms with E-state index in [2.05, 4.69) is 20.3 Å². The van der Waals surface area contributed by atoms with Crippen LogP contribution < -0.4 is 5.32 Å². The first kappa shape index (κ1) is 25.3. The van der Waals surface area contributed by atoms with E-state index in [1.165, 1.54) is 6.92 Å². The molecule has 0 fully saturated rings. The lowest BCUT2D eigenvalue weighted by Crippen LogP contribution is -2.22. The summed E-state index contributed by atoms with van der Waals surface area (Å²) in [6.45, 7) is 6.65. The maximum atomic E-state index is 14.4. The van der Waals surface area contributed by atoms with Crippen LogP contribution in [0.3, 0.4) is 0 Å². The molecular weight excluding hydrogens is 485 g/mol. The number of hydrogen-bond acceptors (Lipinski definition) is 6. The van der Waals surface area contributed by atoms with Gasteiger partial charge < -0.3 is 10.2 Å². The van der Waals surface area contributed by atoms with Gasteiger partial charge >= 0.3 is 6.18 Å². The lowest BCUT2D eigenvalue weighted by Gasteiger charge is -2.18. The normalized spacial score (nSPS) is 12.1. The van der Waals surface area contributed by atoms with Crippen molar-refractivity contribution < 1.29 is 22.0 Å². The average molecular weight is 506 g/mol. The molecule has 0 aliphatic rings. The van der Waals surface area contributed by atoms with E-state index in [1.54, 1.807) is 0 Å². The number of benzene rings is 1. The highest BCUT2D eigenvalue weighted by molar-refractivity contribution is 7.16. The molecule has 0 radical (unpaired) electrons. The van der Waals surface area contributed by atoms with Gasteiger partial charge in [0.15, 0.2) is 16.1 Å². The molecule has 5 nitrogen and oxygen atoms in total. The van der Waals surface area contributed by atoms with E-state index in [4.69, 9.17) is 11.6 Å². The van der Waals surface area contributed by atoms with Crippen LogP contribution in [0.4, 0.5) is 32.9 Å². The van der Waals surface area contributed by atoms with Crippen LogP contribution in [-0.4, -0.2) is 33.4 Å². The molecule has 2 aromatic heterocycles. The number of nitrogens with one attached hydrogen (secondary N) is 1. The quantitative estimate of drug-likeness (QED) is 0.286. The highest BCUT2D eigenvalue weighted by Gasteiger charge is 2.32. The molecule has 1 N–H and O–H groups in total. The predicted octanol–water partition coefficient (Wildman–Crippen LogP) is 6.69. The molecule has 3 rings (SSSR count). The van der Waals surface area contributed by atoms with E-state index in [0.717, 1.165) is 23.5 Å². The Labute approximate surface area is 196 Å². The molecule has 33 heavy (non-hydrogen) atoms. The Hall–Kier alpha value is -2.37. The summed E-state index contributed by atoms with van der Waals surface area (Å²) in [4.78, 5) is 14.6. The fourth-order valence-corrected chi connectivity index (χ4v) is 4.54. The third kappa shape index (κ3) is 6.36. The predicted molar refractivity (Wildman–Crippen MR) is 119 cm³/mol. The van der Waals surface area contributed by atoms with E-state index >= 15 is 0 Å². The molecule has 0 aliphatic heterocycles. The van der Waals surface area contributed by atoms with Crippen LogP contribution >= 0.6 is 22.9 Å². The number of thiazole rings is 1. The third-order valence-electron chi connectivity index (χ3n) is 4.43. The summed E-state index contributed by atoms with van der Waals surface area (Å²) in [7, 11) is 1.86. The first-order valence-corrected chi connectivity index (χ1v) is 11.1. The molecule has 0 aliphatic carbocycles. The Kier molecular flexibility index (Phi) is 7.55. The number of nitrogens with zero attached hydrogens (tertiary/aromatic N) is 4. The van der Waals surface area contributed by atoms with Gasteiger partial charge in [-0.05, 0) is 38.1 Å². The van der Waals surface area contributed by atoms with Crippen LogP contribution in [-0.2, 0) is 12.7 Å². The van der Waals surface area contributed by atoms with Crippen LogP contribution in [0.5, 0.6) is 0 Å². The van der Waals surface area contributed by atoms with E-state index < -0.39 is 23.4 Å². The fourth-order valence-electron chi connectivity index (χ4n) is 3.27. The molecule has 2 heterocycles. The molecule has 0 saturated carbocycles. The van der Waals surface area contributed by atoms with Gasteiger partial charge in [-0.2, -0.15) is 17.6 Å². The smallest absolute Gasteiger partial charge is 0.314 e. The van der Waals surface area contributed by atoms with E-state index in [1.807, 2.05) is 25.8 Å². The Morgan fingerprint density at radius 3 is 2.45 bits per heavy atom. The molecule has 0 atom stereocenters. The first-order valence-electron chi connectivity index (χ1n) is 9.86. The molecule has 12 heteroatoms. The van der Waals surface area contributed by atoms with Crippen molar-refractivity contribution in [2.24, 2.45) is 5.92 Å². The highest BCUT2D eigenvalue weighted by atomic mass is 35.5. The monoisotopic (exact) mass is 505 g/mol. The Bertz CT molecular complexity index is 1150. The standard InChI is InChI=1S/C21H21ClF5N5S/c1-10(2)8-32(4)9-15-17(12-5-13(21(25,26)27)7-14(23)6-12)30-20(33-15)31-19-16(24)18(22)28-11(3)29-19/h5-7,10H,8-9H2,1-4H3,(H,28,29,30,31). The van der Waals surface area contributed by atoms with E-state index in [0.29, 0.717) is 30.0 Å². The number of aromatic nitrogens is 3. The maximum absolute atomic E-state index is 14.4. The Morgan fingerprint density at radius 1 is 1.12 bits per heavy atom. The van der Waals surface area contributed by atoms with Gasteiger partial charge in [-0.25, -0.2) is 19.3 Å². The molecule has 0 saturated heterocycles. The fraction of sp³-hybridized carbons (Fsp3) is 0.381. The number of rotatable bonds is 7. The number of anilines is 2. The lowest BCUT2D eigenvalue weighted by molar-refractivity contribution is -0.137. The van der Waals surface area contributed by atoms with Gasteiger partial charge in [-0.15, -0.1) is 0 Å². The Morgan fingerprint density at radius 2 is 1.82 bits per heavy atom. The number of alkyl halides is 3. The third-order valence-corrected chi connectivity index (χ3v) is 5.64. The summed E-state index contributed by atoms with van der Waals surface area (Å²) >= 11 is 6.88. The van der Waals surface area contributed by atoms with Crippen molar-refractivity contribution in [1.29, 1.82) is 0 Å². The van der Waals surface area contributed by atoms with Crippen molar-refractivity contribution in [2.45, 2.75) is 33.5 Å². The number of halogens is 6. The molecular formula is C21H21ClF5N5S. The second kappa shape index (κ2) is 9.86. The van der Waals surface area contributed by atoms with Crippen molar-refractivity contribution in [3.05, 3.63) is 51.3 Å². The zero-order valence-electron chi connectivity index (χ0n) is 18.2. The molecule has 178 valence electrons. The van der Waals surface area contributed by atoms with Gasteiger partial charge in [0, 0.05) is 23.5 Å². The minimum Gasteiger partial charge on any atom is -0.314 e. The lowest BCUT2D eigenvalue weighted by atomic mass is 10.1. The molecule has 0 amide bonds. The minimum atomic E-state index is -4.72. The SMILES string of the molecule is Cc1nc(Cl)c(F)c(Nc2nc(-c3cc(F)cc(C(F)(F)F)c3)c(CN(C)CC(C)C)s2)n1. The van der Waals surface area contributed by atoms with Crippen LogP contribution in [0.2, 0.25) is 5.15 Å². The summed E-state index contributed by atoms with van der Waals surface area (Å²) in [5.41, 5.74) is -0.983. The highest BCUT2D eigenvalue weighted by Crippen LogP contribution is 2.38. The molecule has 0 spiro atoms.